The molecule has 3 aromatic rings. The Hall–Kier alpha value is -0.440. The van der Waals surface area contributed by atoms with Crippen molar-refractivity contribution < 1.29 is 4.48 Å². The molecule has 0 aromatic carbocycles. The van der Waals surface area contributed by atoms with Gasteiger partial charge >= 0.3 is 0 Å². The lowest BCUT2D eigenvalue weighted by molar-refractivity contribution is -0.929. The lowest BCUT2D eigenvalue weighted by Gasteiger charge is -2.39. The Bertz CT molecular complexity index is 881. The largest absolute Gasteiger partial charge is 0.406 e. The van der Waals surface area contributed by atoms with E-state index in [1.807, 2.05) is 20.8 Å². The molecule has 0 bridgehead atoms. The van der Waals surface area contributed by atoms with Gasteiger partial charge in [-0.15, -0.1) is 20.4 Å². The minimum absolute atomic E-state index is 0.623. The van der Waals surface area contributed by atoms with Crippen molar-refractivity contribution in [2.45, 2.75) is 113 Å². The predicted molar refractivity (Wildman–Crippen MR) is 171 cm³/mol. The molecule has 0 spiro atoms. The zero-order chi connectivity index (χ0) is 28.2. The van der Waals surface area contributed by atoms with Gasteiger partial charge in [0.05, 0.1) is 26.2 Å². The summed E-state index contributed by atoms with van der Waals surface area (Å²) in [7, 11) is 3.15. The zero-order valence-electron chi connectivity index (χ0n) is 24.1. The summed E-state index contributed by atoms with van der Waals surface area (Å²) in [5.74, 6) is 0. The smallest absolute Gasteiger partial charge is 0.185 e. The van der Waals surface area contributed by atoms with Crippen LogP contribution in [0.5, 0.6) is 0 Å². The monoisotopic (exact) mass is 635 g/mol. The van der Waals surface area contributed by atoms with Crippen molar-refractivity contribution in [3.63, 3.8) is 0 Å². The molecule has 0 radical (unpaired) electrons. The van der Waals surface area contributed by atoms with E-state index in [4.69, 9.17) is 0 Å². The SMILES string of the molecule is CCCC[N+](CCCC)(CCCC)CCCC.Cc1nnc(SSc2nnc(C)s2)s1.Cc1nnc([S-])s1. The Morgan fingerprint density at radius 3 is 1.11 bits per heavy atom. The van der Waals surface area contributed by atoms with Crippen LogP contribution >= 0.6 is 55.6 Å². The van der Waals surface area contributed by atoms with Gasteiger partial charge in [0.1, 0.15) is 10.0 Å². The molecule has 3 heterocycles. The summed E-state index contributed by atoms with van der Waals surface area (Å²) in [6.07, 6.45) is 11.1. The number of unbranched alkanes of at least 4 members (excludes halogenated alkanes) is 4. The second kappa shape index (κ2) is 21.3. The van der Waals surface area contributed by atoms with Crippen LogP contribution in [0, 0.1) is 20.8 Å². The van der Waals surface area contributed by atoms with Crippen molar-refractivity contribution in [1.29, 1.82) is 0 Å². The third-order valence-corrected chi connectivity index (χ3v) is 11.2. The van der Waals surface area contributed by atoms with Gasteiger partial charge in [0, 0.05) is 5.01 Å². The Labute approximate surface area is 255 Å². The number of aromatic nitrogens is 6. The van der Waals surface area contributed by atoms with Gasteiger partial charge in [-0.05, 0) is 72.4 Å². The van der Waals surface area contributed by atoms with Crippen molar-refractivity contribution in [2.24, 2.45) is 0 Å². The first-order chi connectivity index (χ1) is 18.3. The van der Waals surface area contributed by atoms with Gasteiger partial charge < -0.3 is 28.4 Å². The van der Waals surface area contributed by atoms with Gasteiger partial charge in [-0.25, -0.2) is 0 Å². The minimum Gasteiger partial charge on any atom is -0.406 e. The summed E-state index contributed by atoms with van der Waals surface area (Å²) >= 11 is 9.29. The third kappa shape index (κ3) is 16.0. The average molecular weight is 636 g/mol. The van der Waals surface area contributed by atoms with E-state index in [-0.39, 0.29) is 0 Å². The molecular weight excluding hydrogens is 591 g/mol. The number of hydrogen-bond donors (Lipinski definition) is 0. The zero-order valence-corrected chi connectivity index (χ0v) is 29.0. The highest BCUT2D eigenvalue weighted by Gasteiger charge is 2.24. The van der Waals surface area contributed by atoms with Crippen molar-refractivity contribution in [1.82, 2.24) is 30.6 Å². The van der Waals surface area contributed by atoms with Gasteiger partial charge in [-0.1, -0.05) is 76.1 Å². The first-order valence-corrected chi connectivity index (χ1v) is 18.5. The highest BCUT2D eigenvalue weighted by atomic mass is 33.1. The van der Waals surface area contributed by atoms with E-state index in [2.05, 4.69) is 70.9 Å². The van der Waals surface area contributed by atoms with Crippen molar-refractivity contribution in [2.75, 3.05) is 26.2 Å². The van der Waals surface area contributed by atoms with E-state index < -0.39 is 0 Å². The molecule has 13 heteroatoms. The van der Waals surface area contributed by atoms with Crippen LogP contribution in [-0.2, 0) is 12.6 Å². The molecule has 0 atom stereocenters. The highest BCUT2D eigenvalue weighted by molar-refractivity contribution is 8.77. The van der Waals surface area contributed by atoms with Crippen molar-refractivity contribution >= 4 is 68.2 Å². The normalized spacial score (nSPS) is 11.0. The maximum absolute atomic E-state index is 4.68. The third-order valence-electron chi connectivity index (χ3n) is 5.65. The molecule has 7 nitrogen and oxygen atoms in total. The van der Waals surface area contributed by atoms with Gasteiger partial charge in [0.2, 0.25) is 0 Å². The first kappa shape index (κ1) is 35.6. The van der Waals surface area contributed by atoms with Gasteiger partial charge in [-0.3, -0.25) is 0 Å². The Kier molecular flexibility index (Phi) is 20.0. The molecule has 3 rings (SSSR count). The standard InChI is InChI=1S/C16H36N.C6H6N4S4.C3H4N2S2/c1-5-9-13-17(14-10-6-2,15-11-7-3)16-12-8-4;1-3-7-9-5(11-3)13-14-6-10-8-4(2)12-6;1-2-4-5-3(6)7-2/h5-16H2,1-4H3;1-2H3;1H3,(H,5,6)/q+1;;/p-1. The Morgan fingerprint density at radius 2 is 0.895 bits per heavy atom. The summed E-state index contributed by atoms with van der Waals surface area (Å²) < 4.78 is 3.96. The predicted octanol–water partition coefficient (Wildman–Crippen LogP) is 8.56. The highest BCUT2D eigenvalue weighted by Crippen LogP contribution is 2.39. The number of aryl methyl sites for hydroxylation is 3. The number of rotatable bonds is 15. The van der Waals surface area contributed by atoms with Gasteiger partial charge in [-0.2, -0.15) is 10.2 Å². The second-order valence-electron chi connectivity index (χ2n) is 9.08. The molecule has 0 unspecified atom stereocenters. The van der Waals surface area contributed by atoms with E-state index in [1.54, 1.807) is 44.3 Å². The van der Waals surface area contributed by atoms with E-state index in [9.17, 15) is 0 Å². The van der Waals surface area contributed by atoms with Crippen LogP contribution in [-0.4, -0.2) is 61.3 Å². The molecule has 0 saturated heterocycles. The molecular formula is C25H45N7S6. The van der Waals surface area contributed by atoms with E-state index in [0.29, 0.717) is 4.34 Å². The summed E-state index contributed by atoms with van der Waals surface area (Å²) in [4.78, 5) is 0. The fourth-order valence-corrected chi connectivity index (χ4v) is 8.41. The number of quaternary nitrogens is 1. The fourth-order valence-electron chi connectivity index (χ4n) is 3.62. The molecule has 0 aliphatic heterocycles. The first-order valence-electron chi connectivity index (χ1n) is 13.5. The number of nitrogens with zero attached hydrogens (tertiary/aromatic N) is 7. The molecule has 0 fully saturated rings. The molecule has 0 aliphatic rings. The van der Waals surface area contributed by atoms with Crippen molar-refractivity contribution in [3.05, 3.63) is 15.0 Å². The Balaban J connectivity index is 0.000000306. The van der Waals surface area contributed by atoms with Crippen molar-refractivity contribution in [3.8, 4) is 0 Å². The van der Waals surface area contributed by atoms with Crippen LogP contribution in [0.4, 0.5) is 0 Å². The molecule has 38 heavy (non-hydrogen) atoms. The van der Waals surface area contributed by atoms with Crippen LogP contribution in [0.25, 0.3) is 0 Å². The molecule has 0 N–H and O–H groups in total. The summed E-state index contributed by atoms with van der Waals surface area (Å²) in [5.41, 5.74) is 0. The van der Waals surface area contributed by atoms with E-state index in [0.717, 1.165) is 23.7 Å². The molecule has 0 amide bonds. The summed E-state index contributed by atoms with van der Waals surface area (Å²) in [5, 5.41) is 26.1. The minimum atomic E-state index is 0.623. The summed E-state index contributed by atoms with van der Waals surface area (Å²) in [6, 6.07) is 0. The van der Waals surface area contributed by atoms with E-state index >= 15 is 0 Å². The second-order valence-corrected chi connectivity index (χ2v) is 15.9. The van der Waals surface area contributed by atoms with Gasteiger partial charge in [0.15, 0.2) is 8.68 Å². The maximum Gasteiger partial charge on any atom is 0.185 e. The summed E-state index contributed by atoms with van der Waals surface area (Å²) in [6.45, 7) is 20.8. The molecule has 216 valence electrons. The van der Waals surface area contributed by atoms with Crippen LogP contribution < -0.4 is 0 Å². The Morgan fingerprint density at radius 1 is 0.553 bits per heavy atom. The lowest BCUT2D eigenvalue weighted by atomic mass is 10.1. The maximum atomic E-state index is 4.68. The number of hydrogen-bond acceptors (Lipinski definition) is 12. The van der Waals surface area contributed by atoms with Gasteiger partial charge in [0.25, 0.3) is 0 Å². The molecule has 0 aliphatic carbocycles. The fraction of sp³-hybridized carbons (Fsp3) is 0.760. The average Bonchev–Trinajstić information content (AvgIpc) is 3.63. The van der Waals surface area contributed by atoms with Crippen LogP contribution in [0.3, 0.4) is 0 Å². The topological polar surface area (TPSA) is 77.3 Å². The van der Waals surface area contributed by atoms with Crippen LogP contribution in [0.1, 0.15) is 94.1 Å². The molecule has 3 aromatic heterocycles. The van der Waals surface area contributed by atoms with E-state index in [1.165, 1.54) is 93.4 Å². The van der Waals surface area contributed by atoms with Crippen LogP contribution in [0.2, 0.25) is 0 Å². The quantitative estimate of drug-likeness (QED) is 0.0927. The van der Waals surface area contributed by atoms with Crippen LogP contribution in [0.15, 0.2) is 13.0 Å². The molecule has 0 saturated carbocycles. The lowest BCUT2D eigenvalue weighted by Crippen LogP contribution is -2.50.